The van der Waals surface area contributed by atoms with Crippen molar-refractivity contribution in [3.05, 3.63) is 29.6 Å². The quantitative estimate of drug-likeness (QED) is 0.848. The van der Waals surface area contributed by atoms with Crippen LogP contribution in [0.4, 0.5) is 4.39 Å². The molecule has 3 nitrogen and oxygen atoms in total. The van der Waals surface area contributed by atoms with E-state index in [1.54, 1.807) is 4.90 Å². The highest BCUT2D eigenvalue weighted by Crippen LogP contribution is 2.34. The first kappa shape index (κ1) is 13.8. The number of benzene rings is 1. The summed E-state index contributed by atoms with van der Waals surface area (Å²) in [5.41, 5.74) is 0.202. The summed E-state index contributed by atoms with van der Waals surface area (Å²) in [6.07, 6.45) is 0.950. The maximum absolute atomic E-state index is 13.2. The monoisotopic (exact) mass is 265 g/mol. The van der Waals surface area contributed by atoms with Gasteiger partial charge in [0.2, 0.25) is 0 Å². The fourth-order valence-corrected chi connectivity index (χ4v) is 2.50. The molecule has 1 atom stereocenters. The van der Waals surface area contributed by atoms with E-state index in [0.717, 1.165) is 18.6 Å². The number of rotatable bonds is 1. The van der Waals surface area contributed by atoms with Gasteiger partial charge in [-0.25, -0.2) is 4.39 Å². The first-order chi connectivity index (χ1) is 8.79. The van der Waals surface area contributed by atoms with Gasteiger partial charge in [0.25, 0.3) is 5.91 Å². The van der Waals surface area contributed by atoms with Gasteiger partial charge in [0.1, 0.15) is 11.6 Å². The predicted molar refractivity (Wildman–Crippen MR) is 71.5 cm³/mol. The van der Waals surface area contributed by atoms with Crippen molar-refractivity contribution in [3.8, 4) is 5.75 Å². The van der Waals surface area contributed by atoms with Crippen LogP contribution in [0.2, 0.25) is 0 Å². The second kappa shape index (κ2) is 4.83. The lowest BCUT2D eigenvalue weighted by Gasteiger charge is -2.27. The lowest BCUT2D eigenvalue weighted by atomic mass is 9.80. The van der Waals surface area contributed by atoms with E-state index in [0.29, 0.717) is 19.0 Å². The summed E-state index contributed by atoms with van der Waals surface area (Å²) in [6, 6.07) is 3.47. The van der Waals surface area contributed by atoms with Gasteiger partial charge < -0.3 is 10.0 Å². The van der Waals surface area contributed by atoms with E-state index in [2.05, 4.69) is 20.8 Å². The van der Waals surface area contributed by atoms with Crippen molar-refractivity contribution in [3.63, 3.8) is 0 Å². The molecule has 0 aromatic heterocycles. The minimum Gasteiger partial charge on any atom is -0.507 e. The van der Waals surface area contributed by atoms with E-state index in [-0.39, 0.29) is 22.6 Å². The summed E-state index contributed by atoms with van der Waals surface area (Å²) >= 11 is 0. The Balaban J connectivity index is 2.16. The molecule has 19 heavy (non-hydrogen) atoms. The number of hydrogen-bond donors (Lipinski definition) is 1. The van der Waals surface area contributed by atoms with Gasteiger partial charge in [-0.15, -0.1) is 0 Å². The number of hydrogen-bond acceptors (Lipinski definition) is 2. The summed E-state index contributed by atoms with van der Waals surface area (Å²) in [4.78, 5) is 14.0. The first-order valence-electron chi connectivity index (χ1n) is 6.57. The molecule has 104 valence electrons. The van der Waals surface area contributed by atoms with Gasteiger partial charge in [-0.05, 0) is 36.0 Å². The Morgan fingerprint density at radius 1 is 1.42 bits per heavy atom. The third kappa shape index (κ3) is 2.88. The molecule has 0 saturated carbocycles. The molecular formula is C15H20FNO2. The molecule has 1 unspecified atom stereocenters. The molecule has 1 saturated heterocycles. The average Bonchev–Trinajstić information content (AvgIpc) is 2.80. The van der Waals surface area contributed by atoms with E-state index in [1.807, 2.05) is 0 Å². The minimum atomic E-state index is -0.507. The van der Waals surface area contributed by atoms with E-state index >= 15 is 0 Å². The van der Waals surface area contributed by atoms with Crippen LogP contribution in [-0.4, -0.2) is 29.0 Å². The molecule has 0 aliphatic carbocycles. The first-order valence-corrected chi connectivity index (χ1v) is 6.57. The molecule has 1 fully saturated rings. The molecule has 0 bridgehead atoms. The predicted octanol–water partition coefficient (Wildman–Crippen LogP) is 3.04. The van der Waals surface area contributed by atoms with Crippen LogP contribution in [-0.2, 0) is 0 Å². The molecule has 4 heteroatoms. The van der Waals surface area contributed by atoms with Crippen LogP contribution < -0.4 is 0 Å². The van der Waals surface area contributed by atoms with Crippen molar-refractivity contribution in [1.82, 2.24) is 4.90 Å². The van der Waals surface area contributed by atoms with Gasteiger partial charge in [0.05, 0.1) is 5.56 Å². The Kier molecular flexibility index (Phi) is 3.52. The van der Waals surface area contributed by atoms with Crippen molar-refractivity contribution in [2.24, 2.45) is 11.3 Å². The average molecular weight is 265 g/mol. The summed E-state index contributed by atoms with van der Waals surface area (Å²) < 4.78 is 13.2. The fraction of sp³-hybridized carbons (Fsp3) is 0.533. The van der Waals surface area contributed by atoms with Crippen molar-refractivity contribution < 1.29 is 14.3 Å². The van der Waals surface area contributed by atoms with E-state index in [4.69, 9.17) is 0 Å². The summed E-state index contributed by atoms with van der Waals surface area (Å²) in [7, 11) is 0. The standard InChI is InChI=1S/C15H20FNO2/c1-15(2,3)10-6-7-17(9-10)14(19)12-8-11(16)4-5-13(12)18/h4-5,8,10,18H,6-7,9H2,1-3H3. The molecule has 1 amide bonds. The number of halogens is 1. The second-order valence-corrected chi connectivity index (χ2v) is 6.26. The molecule has 1 heterocycles. The zero-order chi connectivity index (χ0) is 14.2. The number of phenolic OH excluding ortho intramolecular Hbond substituents is 1. The number of phenols is 1. The number of aromatic hydroxyl groups is 1. The van der Waals surface area contributed by atoms with Crippen LogP contribution in [0.5, 0.6) is 5.75 Å². The van der Waals surface area contributed by atoms with Gasteiger partial charge in [0, 0.05) is 13.1 Å². The summed E-state index contributed by atoms with van der Waals surface area (Å²) in [5, 5.41) is 9.68. The van der Waals surface area contributed by atoms with Gasteiger partial charge in [0.15, 0.2) is 0 Å². The highest BCUT2D eigenvalue weighted by Gasteiger charge is 2.34. The van der Waals surface area contributed by atoms with Gasteiger partial charge >= 0.3 is 0 Å². The second-order valence-electron chi connectivity index (χ2n) is 6.26. The van der Waals surface area contributed by atoms with Gasteiger partial charge in [-0.3, -0.25) is 4.79 Å². The molecule has 1 N–H and O–H groups in total. The van der Waals surface area contributed by atoms with Crippen LogP contribution in [0.3, 0.4) is 0 Å². The zero-order valence-electron chi connectivity index (χ0n) is 11.6. The Labute approximate surface area is 113 Å². The van der Waals surface area contributed by atoms with E-state index < -0.39 is 5.82 Å². The van der Waals surface area contributed by atoms with Crippen LogP contribution in [0.25, 0.3) is 0 Å². The molecule has 0 spiro atoms. The van der Waals surface area contributed by atoms with Crippen LogP contribution in [0, 0.1) is 17.2 Å². The SMILES string of the molecule is CC(C)(C)C1CCN(C(=O)c2cc(F)ccc2O)C1. The van der Waals surface area contributed by atoms with E-state index in [9.17, 15) is 14.3 Å². The highest BCUT2D eigenvalue weighted by atomic mass is 19.1. The maximum Gasteiger partial charge on any atom is 0.257 e. The topological polar surface area (TPSA) is 40.5 Å². The smallest absolute Gasteiger partial charge is 0.257 e. The van der Waals surface area contributed by atoms with Crippen molar-refractivity contribution in [2.75, 3.05) is 13.1 Å². The van der Waals surface area contributed by atoms with Crippen LogP contribution >= 0.6 is 0 Å². The molecule has 0 radical (unpaired) electrons. The Morgan fingerprint density at radius 2 is 2.11 bits per heavy atom. The van der Waals surface area contributed by atoms with Crippen LogP contribution in [0.1, 0.15) is 37.6 Å². The number of carbonyl (C=O) groups excluding carboxylic acids is 1. The molecule has 1 aromatic rings. The van der Waals surface area contributed by atoms with Crippen molar-refractivity contribution >= 4 is 5.91 Å². The van der Waals surface area contributed by atoms with E-state index in [1.165, 1.54) is 6.07 Å². The number of likely N-dealkylation sites (tertiary alicyclic amines) is 1. The molecular weight excluding hydrogens is 245 g/mol. The van der Waals surface area contributed by atoms with Gasteiger partial charge in [-0.1, -0.05) is 20.8 Å². The van der Waals surface area contributed by atoms with Crippen molar-refractivity contribution in [2.45, 2.75) is 27.2 Å². The largest absolute Gasteiger partial charge is 0.507 e. The Morgan fingerprint density at radius 3 is 2.68 bits per heavy atom. The number of carbonyl (C=O) groups is 1. The third-order valence-electron chi connectivity index (χ3n) is 3.89. The highest BCUT2D eigenvalue weighted by molar-refractivity contribution is 5.97. The summed E-state index contributed by atoms with van der Waals surface area (Å²) in [6.45, 7) is 7.80. The van der Waals surface area contributed by atoms with Gasteiger partial charge in [-0.2, -0.15) is 0 Å². The fourth-order valence-electron chi connectivity index (χ4n) is 2.50. The lowest BCUT2D eigenvalue weighted by Crippen LogP contribution is -2.31. The normalized spacial score (nSPS) is 19.8. The number of nitrogens with zero attached hydrogens (tertiary/aromatic N) is 1. The Hall–Kier alpha value is -1.58. The molecule has 2 rings (SSSR count). The number of amides is 1. The molecule has 1 aliphatic heterocycles. The molecule has 1 aromatic carbocycles. The maximum atomic E-state index is 13.2. The van der Waals surface area contributed by atoms with Crippen molar-refractivity contribution in [1.29, 1.82) is 0 Å². The molecule has 1 aliphatic rings. The minimum absolute atomic E-state index is 0.0505. The summed E-state index contributed by atoms with van der Waals surface area (Å²) in [5.74, 6) is -0.519. The lowest BCUT2D eigenvalue weighted by molar-refractivity contribution is 0.0773. The Bertz CT molecular complexity index is 493. The third-order valence-corrected chi connectivity index (χ3v) is 3.89. The zero-order valence-corrected chi connectivity index (χ0v) is 11.6. The van der Waals surface area contributed by atoms with Crippen LogP contribution in [0.15, 0.2) is 18.2 Å².